The molecule has 0 spiro atoms. The van der Waals surface area contributed by atoms with Crippen molar-refractivity contribution >= 4 is 21.4 Å². The van der Waals surface area contributed by atoms with E-state index in [4.69, 9.17) is 0 Å². The number of anilines is 2. The fourth-order valence-corrected chi connectivity index (χ4v) is 3.50. The Balaban J connectivity index is 1.92. The maximum absolute atomic E-state index is 12.4. The van der Waals surface area contributed by atoms with Crippen LogP contribution in [0.5, 0.6) is 0 Å². The number of imidazole rings is 1. The van der Waals surface area contributed by atoms with Gasteiger partial charge in [-0.15, -0.1) is 0 Å². The number of fused-ring (bicyclic) bond motifs is 1. The molecule has 0 aliphatic carbocycles. The van der Waals surface area contributed by atoms with Crippen LogP contribution in [0.2, 0.25) is 0 Å². The van der Waals surface area contributed by atoms with E-state index in [1.807, 2.05) is 19.1 Å². The van der Waals surface area contributed by atoms with Gasteiger partial charge in [0.2, 0.25) is 0 Å². The number of H-pyrrole nitrogens is 1. The molecule has 2 heterocycles. The Hall–Kier alpha value is -2.02. The summed E-state index contributed by atoms with van der Waals surface area (Å²) in [6.45, 7) is 2.84. The zero-order chi connectivity index (χ0) is 14.9. The third kappa shape index (κ3) is 2.73. The normalized spacial score (nSPS) is 14.3. The lowest BCUT2D eigenvalue weighted by atomic mass is 10.0. The number of aromatic nitrogens is 2. The molecule has 0 amide bonds. The molecule has 112 valence electrons. The van der Waals surface area contributed by atoms with Crippen LogP contribution in [-0.4, -0.2) is 24.9 Å². The van der Waals surface area contributed by atoms with E-state index in [-0.39, 0.29) is 5.03 Å². The van der Waals surface area contributed by atoms with Crippen molar-refractivity contribution in [1.29, 1.82) is 0 Å². The van der Waals surface area contributed by atoms with E-state index in [1.165, 1.54) is 6.20 Å². The summed E-state index contributed by atoms with van der Waals surface area (Å²) in [4.78, 5) is 6.87. The van der Waals surface area contributed by atoms with Crippen molar-refractivity contribution in [2.45, 2.75) is 31.2 Å². The molecule has 0 radical (unpaired) electrons. The quantitative estimate of drug-likeness (QED) is 0.807. The van der Waals surface area contributed by atoms with E-state index in [1.54, 1.807) is 6.07 Å². The zero-order valence-corrected chi connectivity index (χ0v) is 12.6. The van der Waals surface area contributed by atoms with E-state index in [0.717, 1.165) is 30.6 Å². The summed E-state index contributed by atoms with van der Waals surface area (Å²) in [6, 6.07) is 5.61. The van der Waals surface area contributed by atoms with Gasteiger partial charge in [-0.05, 0) is 30.5 Å². The highest BCUT2D eigenvalue weighted by Gasteiger charge is 2.20. The van der Waals surface area contributed by atoms with Gasteiger partial charge in [0.05, 0.1) is 11.9 Å². The van der Waals surface area contributed by atoms with Gasteiger partial charge < -0.3 is 10.3 Å². The molecule has 3 rings (SSSR count). The molecule has 1 aliphatic heterocycles. The van der Waals surface area contributed by atoms with E-state index >= 15 is 0 Å². The van der Waals surface area contributed by atoms with Crippen LogP contribution in [0, 0.1) is 0 Å². The van der Waals surface area contributed by atoms with Crippen molar-refractivity contribution < 1.29 is 8.42 Å². The molecule has 2 aromatic rings. The average Bonchev–Trinajstić information content (AvgIpc) is 2.97. The number of hydrogen-bond donors (Lipinski definition) is 3. The van der Waals surface area contributed by atoms with Crippen molar-refractivity contribution in [3.05, 3.63) is 35.8 Å². The number of aryl methyl sites for hydroxylation is 1. The number of aromatic amines is 1. The smallest absolute Gasteiger partial charge is 0.278 e. The minimum atomic E-state index is -3.63. The lowest BCUT2D eigenvalue weighted by molar-refractivity contribution is 0.598. The van der Waals surface area contributed by atoms with Crippen molar-refractivity contribution in [3.8, 4) is 0 Å². The summed E-state index contributed by atoms with van der Waals surface area (Å²) >= 11 is 0. The summed E-state index contributed by atoms with van der Waals surface area (Å²) in [5.41, 5.74) is 2.65. The van der Waals surface area contributed by atoms with Crippen LogP contribution in [0.25, 0.3) is 0 Å². The highest BCUT2D eigenvalue weighted by Crippen LogP contribution is 2.30. The molecule has 0 atom stereocenters. The first-order valence-electron chi connectivity index (χ1n) is 7.02. The van der Waals surface area contributed by atoms with Gasteiger partial charge in [0, 0.05) is 18.7 Å². The Bertz CT molecular complexity index is 752. The first kappa shape index (κ1) is 13.9. The second kappa shape index (κ2) is 5.40. The molecule has 1 aromatic carbocycles. The Morgan fingerprint density at radius 1 is 1.38 bits per heavy atom. The molecule has 0 unspecified atom stereocenters. The van der Waals surface area contributed by atoms with Crippen molar-refractivity contribution in [2.75, 3.05) is 16.6 Å². The van der Waals surface area contributed by atoms with Gasteiger partial charge in [0.15, 0.2) is 5.03 Å². The molecule has 6 nitrogen and oxygen atoms in total. The molecule has 0 bridgehead atoms. The topological polar surface area (TPSA) is 86.9 Å². The number of benzene rings is 1. The van der Waals surface area contributed by atoms with Crippen LogP contribution in [-0.2, 0) is 22.9 Å². The minimum Gasteiger partial charge on any atom is -0.385 e. The van der Waals surface area contributed by atoms with Crippen LogP contribution in [0.3, 0.4) is 0 Å². The first-order valence-corrected chi connectivity index (χ1v) is 8.51. The van der Waals surface area contributed by atoms with Crippen molar-refractivity contribution in [2.24, 2.45) is 0 Å². The van der Waals surface area contributed by atoms with Crippen LogP contribution < -0.4 is 10.0 Å². The van der Waals surface area contributed by atoms with Crippen LogP contribution in [0.15, 0.2) is 29.4 Å². The Kier molecular flexibility index (Phi) is 3.59. The van der Waals surface area contributed by atoms with Gasteiger partial charge >= 0.3 is 0 Å². The van der Waals surface area contributed by atoms with Gasteiger partial charge in [0.25, 0.3) is 10.0 Å². The van der Waals surface area contributed by atoms with Gasteiger partial charge in [-0.2, -0.15) is 8.42 Å². The third-order valence-corrected chi connectivity index (χ3v) is 4.84. The molecular weight excluding hydrogens is 288 g/mol. The van der Waals surface area contributed by atoms with Gasteiger partial charge in [-0.25, -0.2) is 4.98 Å². The van der Waals surface area contributed by atoms with Crippen LogP contribution in [0.4, 0.5) is 11.4 Å². The summed E-state index contributed by atoms with van der Waals surface area (Å²) in [5, 5.41) is 3.38. The first-order chi connectivity index (χ1) is 10.1. The molecule has 3 N–H and O–H groups in total. The number of sulfonamides is 1. The Morgan fingerprint density at radius 2 is 2.24 bits per heavy atom. The van der Waals surface area contributed by atoms with E-state index in [9.17, 15) is 8.42 Å². The number of rotatable bonds is 4. The standard InChI is InChI=1S/C14H18N4O2S/c1-2-13-16-9-14(17-13)21(19,20)18-12-7-3-6-11-10(12)5-4-8-15-11/h3,6-7,9,15,18H,2,4-5,8H2,1H3,(H,16,17). The fourth-order valence-electron chi connectivity index (χ4n) is 2.46. The second-order valence-electron chi connectivity index (χ2n) is 5.02. The number of nitrogens with zero attached hydrogens (tertiary/aromatic N) is 1. The second-order valence-corrected chi connectivity index (χ2v) is 6.67. The Morgan fingerprint density at radius 3 is 3.00 bits per heavy atom. The van der Waals surface area contributed by atoms with Crippen molar-refractivity contribution in [1.82, 2.24) is 9.97 Å². The maximum atomic E-state index is 12.4. The molecule has 0 saturated carbocycles. The van der Waals surface area contributed by atoms with E-state index < -0.39 is 10.0 Å². The SMILES string of the molecule is CCc1ncc(S(=O)(=O)Nc2cccc3c2CCCN3)[nH]1. The van der Waals surface area contributed by atoms with Gasteiger partial charge in [-0.3, -0.25) is 4.72 Å². The molecule has 21 heavy (non-hydrogen) atoms. The summed E-state index contributed by atoms with van der Waals surface area (Å²) in [5.74, 6) is 0.659. The largest absolute Gasteiger partial charge is 0.385 e. The summed E-state index contributed by atoms with van der Waals surface area (Å²) in [7, 11) is -3.63. The van der Waals surface area contributed by atoms with E-state index in [0.29, 0.717) is 17.9 Å². The molecule has 0 fully saturated rings. The highest BCUT2D eigenvalue weighted by atomic mass is 32.2. The third-order valence-electron chi connectivity index (χ3n) is 3.57. The molecule has 0 saturated heterocycles. The van der Waals surface area contributed by atoms with Crippen LogP contribution in [0.1, 0.15) is 24.7 Å². The summed E-state index contributed by atoms with van der Waals surface area (Å²) in [6.07, 6.45) is 3.88. The molecule has 7 heteroatoms. The molecule has 1 aliphatic rings. The average molecular weight is 306 g/mol. The maximum Gasteiger partial charge on any atom is 0.278 e. The predicted octanol–water partition coefficient (Wildman–Crippen LogP) is 2.13. The monoisotopic (exact) mass is 306 g/mol. The van der Waals surface area contributed by atoms with Gasteiger partial charge in [-0.1, -0.05) is 13.0 Å². The van der Waals surface area contributed by atoms with Gasteiger partial charge in [0.1, 0.15) is 5.82 Å². The van der Waals surface area contributed by atoms with Crippen LogP contribution >= 0.6 is 0 Å². The minimum absolute atomic E-state index is 0.0979. The fraction of sp³-hybridized carbons (Fsp3) is 0.357. The lowest BCUT2D eigenvalue weighted by Crippen LogP contribution is -2.18. The Labute approximate surface area is 124 Å². The molecule has 1 aromatic heterocycles. The predicted molar refractivity (Wildman–Crippen MR) is 82.0 cm³/mol. The highest BCUT2D eigenvalue weighted by molar-refractivity contribution is 7.92. The zero-order valence-electron chi connectivity index (χ0n) is 11.8. The van der Waals surface area contributed by atoms with E-state index in [2.05, 4.69) is 20.0 Å². The van der Waals surface area contributed by atoms with Crippen molar-refractivity contribution in [3.63, 3.8) is 0 Å². The molecular formula is C14H18N4O2S. The number of hydrogen-bond acceptors (Lipinski definition) is 4. The number of nitrogens with one attached hydrogen (secondary N) is 3. The lowest BCUT2D eigenvalue weighted by Gasteiger charge is -2.21. The summed E-state index contributed by atoms with van der Waals surface area (Å²) < 4.78 is 27.5.